The monoisotopic (exact) mass is 335 g/mol. The third-order valence-corrected chi connectivity index (χ3v) is 4.16. The van der Waals surface area contributed by atoms with Crippen LogP contribution in [0.2, 0.25) is 0 Å². The van der Waals surface area contributed by atoms with Crippen molar-refractivity contribution in [1.82, 2.24) is 9.36 Å². The summed E-state index contributed by atoms with van der Waals surface area (Å²) in [4.78, 5) is 12.5. The van der Waals surface area contributed by atoms with Crippen LogP contribution in [0.1, 0.15) is 37.8 Å². The lowest BCUT2D eigenvalue weighted by molar-refractivity contribution is 0.514. The van der Waals surface area contributed by atoms with Crippen molar-refractivity contribution >= 4 is 21.6 Å². The molecular formula is C15H18BrN3O. The summed E-state index contributed by atoms with van der Waals surface area (Å²) in [6.07, 6.45) is 3.24. The fourth-order valence-corrected chi connectivity index (χ4v) is 3.05. The van der Waals surface area contributed by atoms with Crippen LogP contribution in [0.5, 0.6) is 0 Å². The Kier molecular flexibility index (Phi) is 3.46. The summed E-state index contributed by atoms with van der Waals surface area (Å²) in [7, 11) is 0. The predicted molar refractivity (Wildman–Crippen MR) is 84.4 cm³/mol. The van der Waals surface area contributed by atoms with E-state index in [0.717, 1.165) is 41.7 Å². The third kappa shape index (κ3) is 2.20. The largest absolute Gasteiger partial charge is 0.393 e. The molecule has 0 radical (unpaired) electrons. The van der Waals surface area contributed by atoms with Crippen molar-refractivity contribution < 1.29 is 0 Å². The molecule has 1 saturated carbocycles. The Hall–Kier alpha value is -1.49. The van der Waals surface area contributed by atoms with Gasteiger partial charge in [-0.3, -0.25) is 9.48 Å². The molecule has 5 heteroatoms. The lowest BCUT2D eigenvalue weighted by atomic mass is 10.2. The Morgan fingerprint density at radius 1 is 1.40 bits per heavy atom. The van der Waals surface area contributed by atoms with Gasteiger partial charge in [-0.2, -0.15) is 0 Å². The number of hydrogen-bond acceptors (Lipinski definition) is 2. The number of rotatable bonds is 4. The molecular weight excluding hydrogens is 318 g/mol. The van der Waals surface area contributed by atoms with Crippen molar-refractivity contribution in [3.05, 3.63) is 44.8 Å². The molecule has 2 aromatic rings. The second-order valence-corrected chi connectivity index (χ2v) is 6.21. The molecule has 1 aliphatic carbocycles. The topological polar surface area (TPSA) is 52.9 Å². The first-order valence-electron chi connectivity index (χ1n) is 7.00. The normalized spacial score (nSPS) is 14.7. The van der Waals surface area contributed by atoms with Gasteiger partial charge in [-0.1, -0.05) is 28.9 Å². The Morgan fingerprint density at radius 2 is 2.15 bits per heavy atom. The molecule has 1 aromatic carbocycles. The van der Waals surface area contributed by atoms with Crippen molar-refractivity contribution in [2.45, 2.75) is 38.6 Å². The molecule has 0 saturated heterocycles. The van der Waals surface area contributed by atoms with Crippen molar-refractivity contribution in [3.63, 3.8) is 0 Å². The smallest absolute Gasteiger partial charge is 0.294 e. The first-order chi connectivity index (χ1) is 9.63. The highest BCUT2D eigenvalue weighted by Gasteiger charge is 2.32. The van der Waals surface area contributed by atoms with Crippen LogP contribution in [0, 0.1) is 0 Å². The van der Waals surface area contributed by atoms with E-state index < -0.39 is 0 Å². The third-order valence-electron chi connectivity index (χ3n) is 3.67. The molecule has 0 aliphatic heterocycles. The number of benzene rings is 1. The van der Waals surface area contributed by atoms with E-state index in [1.165, 1.54) is 0 Å². The Morgan fingerprint density at radius 3 is 2.75 bits per heavy atom. The number of nitrogens with zero attached hydrogens (tertiary/aromatic N) is 2. The molecule has 0 atom stereocenters. The van der Waals surface area contributed by atoms with E-state index in [-0.39, 0.29) is 5.56 Å². The van der Waals surface area contributed by atoms with Gasteiger partial charge in [0.15, 0.2) is 0 Å². The zero-order valence-electron chi connectivity index (χ0n) is 11.5. The zero-order chi connectivity index (χ0) is 14.3. The second kappa shape index (κ2) is 5.13. The minimum atomic E-state index is -0.0987. The van der Waals surface area contributed by atoms with Gasteiger partial charge in [0.1, 0.15) is 5.69 Å². The molecule has 106 valence electrons. The SMILES string of the molecule is CCCn1c(C2CC2)c(N)c(=O)n1-c1cccc(Br)c1. The minimum absolute atomic E-state index is 0.0987. The lowest BCUT2D eigenvalue weighted by Crippen LogP contribution is -2.22. The summed E-state index contributed by atoms with van der Waals surface area (Å²) in [5.41, 5.74) is 8.29. The quantitative estimate of drug-likeness (QED) is 0.932. The molecule has 1 heterocycles. The Bertz CT molecular complexity index is 698. The van der Waals surface area contributed by atoms with Gasteiger partial charge >= 0.3 is 0 Å². The van der Waals surface area contributed by atoms with Crippen LogP contribution in [0.25, 0.3) is 5.69 Å². The molecule has 1 aromatic heterocycles. The van der Waals surface area contributed by atoms with Gasteiger partial charge in [0.25, 0.3) is 5.56 Å². The summed E-state index contributed by atoms with van der Waals surface area (Å²) in [5, 5.41) is 0. The van der Waals surface area contributed by atoms with Gasteiger partial charge in [-0.15, -0.1) is 0 Å². The number of anilines is 1. The second-order valence-electron chi connectivity index (χ2n) is 5.29. The molecule has 1 aliphatic rings. The van der Waals surface area contributed by atoms with E-state index in [9.17, 15) is 4.79 Å². The van der Waals surface area contributed by atoms with E-state index in [4.69, 9.17) is 5.73 Å². The molecule has 4 nitrogen and oxygen atoms in total. The average molecular weight is 336 g/mol. The number of hydrogen-bond donors (Lipinski definition) is 1. The fraction of sp³-hybridized carbons (Fsp3) is 0.400. The zero-order valence-corrected chi connectivity index (χ0v) is 13.1. The first kappa shape index (κ1) is 13.5. The number of halogens is 1. The molecule has 2 N–H and O–H groups in total. The van der Waals surface area contributed by atoms with Gasteiger partial charge in [0.05, 0.1) is 11.4 Å². The fourth-order valence-electron chi connectivity index (χ4n) is 2.66. The van der Waals surface area contributed by atoms with E-state index >= 15 is 0 Å². The van der Waals surface area contributed by atoms with Gasteiger partial charge in [0, 0.05) is 16.9 Å². The van der Waals surface area contributed by atoms with Gasteiger partial charge in [-0.25, -0.2) is 4.68 Å². The van der Waals surface area contributed by atoms with Crippen molar-refractivity contribution in [1.29, 1.82) is 0 Å². The summed E-state index contributed by atoms with van der Waals surface area (Å²) in [6.45, 7) is 2.92. The minimum Gasteiger partial charge on any atom is -0.393 e. The Labute approximate surface area is 126 Å². The number of nitrogen functional groups attached to an aromatic ring is 1. The maximum Gasteiger partial charge on any atom is 0.294 e. The van der Waals surface area contributed by atoms with Gasteiger partial charge in [0.2, 0.25) is 0 Å². The summed E-state index contributed by atoms with van der Waals surface area (Å²) in [5.74, 6) is 0.461. The van der Waals surface area contributed by atoms with Crippen LogP contribution in [-0.2, 0) is 6.54 Å². The molecule has 0 bridgehead atoms. The van der Waals surface area contributed by atoms with Crippen LogP contribution in [0.4, 0.5) is 5.69 Å². The highest BCUT2D eigenvalue weighted by atomic mass is 79.9. The maximum absolute atomic E-state index is 12.5. The number of aromatic nitrogens is 2. The molecule has 0 amide bonds. The van der Waals surface area contributed by atoms with E-state index in [1.54, 1.807) is 4.68 Å². The van der Waals surface area contributed by atoms with Crippen molar-refractivity contribution in [2.24, 2.45) is 0 Å². The highest BCUT2D eigenvalue weighted by molar-refractivity contribution is 9.10. The van der Waals surface area contributed by atoms with Gasteiger partial charge in [-0.05, 0) is 37.5 Å². The lowest BCUT2D eigenvalue weighted by Gasteiger charge is -2.14. The van der Waals surface area contributed by atoms with Crippen LogP contribution in [-0.4, -0.2) is 9.36 Å². The van der Waals surface area contributed by atoms with Crippen molar-refractivity contribution in [3.8, 4) is 5.69 Å². The summed E-state index contributed by atoms with van der Waals surface area (Å²) < 4.78 is 4.74. The molecule has 20 heavy (non-hydrogen) atoms. The highest BCUT2D eigenvalue weighted by Crippen LogP contribution is 2.42. The van der Waals surface area contributed by atoms with Gasteiger partial charge < -0.3 is 5.73 Å². The average Bonchev–Trinajstić information content (AvgIpc) is 3.20. The van der Waals surface area contributed by atoms with Crippen LogP contribution < -0.4 is 11.3 Å². The summed E-state index contributed by atoms with van der Waals surface area (Å²) >= 11 is 3.46. The summed E-state index contributed by atoms with van der Waals surface area (Å²) in [6, 6.07) is 7.77. The first-order valence-corrected chi connectivity index (χ1v) is 7.80. The molecule has 0 unspecified atom stereocenters. The Balaban J connectivity index is 2.23. The van der Waals surface area contributed by atoms with Crippen LogP contribution in [0.3, 0.4) is 0 Å². The number of nitrogens with two attached hydrogens (primary N) is 1. The van der Waals surface area contributed by atoms with Crippen molar-refractivity contribution in [2.75, 3.05) is 5.73 Å². The van der Waals surface area contributed by atoms with E-state index in [2.05, 4.69) is 27.5 Å². The van der Waals surface area contributed by atoms with E-state index in [1.807, 2.05) is 24.3 Å². The molecule has 1 fully saturated rings. The maximum atomic E-state index is 12.5. The van der Waals surface area contributed by atoms with E-state index in [0.29, 0.717) is 11.6 Å². The molecule has 0 spiro atoms. The van der Waals surface area contributed by atoms with Crippen LogP contribution in [0.15, 0.2) is 33.5 Å². The predicted octanol–water partition coefficient (Wildman–Crippen LogP) is 3.27. The molecule has 3 rings (SSSR count). The standard InChI is InChI=1S/C15H18BrN3O/c1-2-8-18-14(10-6-7-10)13(17)15(20)19(18)12-5-3-4-11(16)9-12/h3-5,9-10H,2,6-8,17H2,1H3. The van der Waals surface area contributed by atoms with Crippen LogP contribution >= 0.6 is 15.9 Å².